The van der Waals surface area contributed by atoms with E-state index in [1.54, 1.807) is 0 Å². The summed E-state index contributed by atoms with van der Waals surface area (Å²) in [4.78, 5) is 3.97. The Morgan fingerprint density at radius 2 is 1.76 bits per heavy atom. The van der Waals surface area contributed by atoms with Crippen LogP contribution in [0.3, 0.4) is 0 Å². The first-order chi connectivity index (χ1) is 11.6. The molecule has 0 bridgehead atoms. The molecule has 25 heavy (non-hydrogen) atoms. The predicted molar refractivity (Wildman–Crippen MR) is 100 cm³/mol. The quantitative estimate of drug-likeness (QED) is 0.732. The molecule has 6 nitrogen and oxygen atoms in total. The van der Waals surface area contributed by atoms with Crippen LogP contribution in [0, 0.1) is 0 Å². The molecule has 0 fully saturated rings. The molecule has 0 aliphatic heterocycles. The Morgan fingerprint density at radius 3 is 2.28 bits per heavy atom. The number of halogens is 1. The fraction of sp³-hybridized carbons (Fsp3) is 0.400. The van der Waals surface area contributed by atoms with Gasteiger partial charge >= 0.3 is 0 Å². The van der Waals surface area contributed by atoms with Crippen molar-refractivity contribution < 1.29 is 16.8 Å². The lowest BCUT2D eigenvalue weighted by Gasteiger charge is -2.12. The zero-order chi connectivity index (χ0) is 18.8. The fourth-order valence-corrected chi connectivity index (χ4v) is 6.09. The highest BCUT2D eigenvalue weighted by Crippen LogP contribution is 2.35. The van der Waals surface area contributed by atoms with Gasteiger partial charge in [0.1, 0.15) is 5.00 Å². The van der Waals surface area contributed by atoms with E-state index >= 15 is 0 Å². The van der Waals surface area contributed by atoms with Crippen molar-refractivity contribution in [1.29, 1.82) is 0 Å². The average Bonchev–Trinajstić information content (AvgIpc) is 3.00. The Morgan fingerprint density at radius 1 is 1.16 bits per heavy atom. The minimum Gasteiger partial charge on any atom is -0.372 e. The van der Waals surface area contributed by atoms with Crippen LogP contribution < -0.4 is 5.32 Å². The fourth-order valence-electron chi connectivity index (χ4n) is 1.87. The van der Waals surface area contributed by atoms with Crippen LogP contribution in [-0.4, -0.2) is 33.6 Å². The zero-order valence-electron chi connectivity index (χ0n) is 14.0. The molecule has 10 heteroatoms. The first kappa shape index (κ1) is 20.2. The van der Waals surface area contributed by atoms with Crippen LogP contribution in [0.25, 0.3) is 0 Å². The van der Waals surface area contributed by atoms with Crippen molar-refractivity contribution in [2.24, 2.45) is 0 Å². The number of rotatable bonds is 7. The van der Waals surface area contributed by atoms with Crippen molar-refractivity contribution in [2.45, 2.75) is 47.5 Å². The molecule has 0 aliphatic rings. The van der Waals surface area contributed by atoms with Gasteiger partial charge in [0.25, 0.3) is 0 Å². The van der Waals surface area contributed by atoms with Crippen molar-refractivity contribution in [1.82, 2.24) is 4.98 Å². The maximum absolute atomic E-state index is 12.9. The number of benzene rings is 1. The summed E-state index contributed by atoms with van der Waals surface area (Å²) in [5.74, 6) is -0.149. The number of anilines is 1. The third kappa shape index (κ3) is 4.33. The third-order valence-corrected chi connectivity index (χ3v) is 8.85. The molecule has 1 atom stereocenters. The molecule has 2 aromatic rings. The Bertz CT molecular complexity index is 951. The summed E-state index contributed by atoms with van der Waals surface area (Å²) in [5.41, 5.74) is 0. The van der Waals surface area contributed by atoms with Gasteiger partial charge in [0.2, 0.25) is 24.0 Å². The summed E-state index contributed by atoms with van der Waals surface area (Å²) in [7, 11) is -7.58. The summed E-state index contributed by atoms with van der Waals surface area (Å²) in [6, 6.07) is 5.64. The molecule has 1 aromatic heterocycles. The van der Waals surface area contributed by atoms with Crippen LogP contribution in [0.5, 0.6) is 0 Å². The summed E-state index contributed by atoms with van der Waals surface area (Å²) in [5, 5.41) is 3.42. The highest BCUT2D eigenvalue weighted by molar-refractivity contribution is 7.94. The van der Waals surface area contributed by atoms with E-state index in [0.29, 0.717) is 5.02 Å². The summed E-state index contributed by atoms with van der Waals surface area (Å²) in [6.07, 6.45) is 0.744. The molecule has 0 amide bonds. The summed E-state index contributed by atoms with van der Waals surface area (Å²) >= 11 is 6.65. The highest BCUT2D eigenvalue weighted by atomic mass is 35.5. The first-order valence-corrected chi connectivity index (χ1v) is 12.0. The molecular weight excluding hydrogens is 404 g/mol. The minimum absolute atomic E-state index is 0.00912. The van der Waals surface area contributed by atoms with Gasteiger partial charge in [-0.1, -0.05) is 36.8 Å². The van der Waals surface area contributed by atoms with Gasteiger partial charge in [-0.05, 0) is 37.6 Å². The van der Waals surface area contributed by atoms with Gasteiger partial charge in [-0.3, -0.25) is 0 Å². The normalized spacial score (nSPS) is 13.6. The second-order valence-corrected chi connectivity index (χ2v) is 11.2. The lowest BCUT2D eigenvalue weighted by molar-refractivity contribution is 0.589. The number of nitrogens with one attached hydrogen (secondary N) is 1. The van der Waals surface area contributed by atoms with Crippen LogP contribution in [-0.2, 0) is 19.7 Å². The molecule has 0 saturated carbocycles. The minimum atomic E-state index is -3.97. The van der Waals surface area contributed by atoms with E-state index in [9.17, 15) is 16.8 Å². The third-order valence-electron chi connectivity index (χ3n) is 3.59. The monoisotopic (exact) mass is 422 g/mol. The Kier molecular flexibility index (Phi) is 6.13. The summed E-state index contributed by atoms with van der Waals surface area (Å²) < 4.78 is 49.9. The average molecular weight is 423 g/mol. The Labute approximate surface area is 157 Å². The van der Waals surface area contributed by atoms with Gasteiger partial charge < -0.3 is 5.32 Å². The maximum atomic E-state index is 12.9. The number of nitrogens with zero attached hydrogens (tertiary/aromatic N) is 1. The Hall–Kier alpha value is -1.16. The number of hydrogen-bond acceptors (Lipinski definition) is 7. The van der Waals surface area contributed by atoms with Crippen LogP contribution in [0.4, 0.5) is 5.00 Å². The number of sulfone groups is 2. The van der Waals surface area contributed by atoms with Crippen molar-refractivity contribution in [3.8, 4) is 0 Å². The van der Waals surface area contributed by atoms with Gasteiger partial charge in [0.05, 0.1) is 10.6 Å². The molecule has 1 aromatic carbocycles. The lowest BCUT2D eigenvalue weighted by atomic mass is 10.3. The second-order valence-electron chi connectivity index (χ2n) is 5.43. The topological polar surface area (TPSA) is 93.2 Å². The Balaban J connectivity index is 2.63. The van der Waals surface area contributed by atoms with Crippen LogP contribution in [0.15, 0.2) is 38.5 Å². The van der Waals surface area contributed by atoms with Crippen molar-refractivity contribution in [3.63, 3.8) is 0 Å². The first-order valence-electron chi connectivity index (χ1n) is 7.62. The van der Waals surface area contributed by atoms with E-state index < -0.39 is 19.7 Å². The van der Waals surface area contributed by atoms with E-state index in [4.69, 9.17) is 11.6 Å². The van der Waals surface area contributed by atoms with Crippen LogP contribution >= 0.6 is 22.9 Å². The molecule has 1 heterocycles. The van der Waals surface area contributed by atoms with E-state index in [2.05, 4.69) is 10.3 Å². The van der Waals surface area contributed by atoms with Gasteiger partial charge in [-0.15, -0.1) is 0 Å². The smallest absolute Gasteiger partial charge is 0.226 e. The van der Waals surface area contributed by atoms with E-state index in [1.807, 2.05) is 13.8 Å². The maximum Gasteiger partial charge on any atom is 0.226 e. The number of hydrogen-bond donors (Lipinski definition) is 1. The number of aromatic nitrogens is 1. The van der Waals surface area contributed by atoms with E-state index in [0.717, 1.165) is 17.8 Å². The van der Waals surface area contributed by atoms with Gasteiger partial charge in [0.15, 0.2) is 5.03 Å². The van der Waals surface area contributed by atoms with Crippen molar-refractivity contribution in [3.05, 3.63) is 29.3 Å². The lowest BCUT2D eigenvalue weighted by Crippen LogP contribution is -2.15. The van der Waals surface area contributed by atoms with Gasteiger partial charge in [-0.2, -0.15) is 0 Å². The molecule has 0 aliphatic carbocycles. The van der Waals surface area contributed by atoms with Crippen molar-refractivity contribution >= 4 is 47.6 Å². The molecule has 0 saturated heterocycles. The predicted octanol–water partition coefficient (Wildman–Crippen LogP) is 3.63. The number of thiazole rings is 1. The molecule has 1 N–H and O–H groups in total. The summed E-state index contributed by atoms with van der Waals surface area (Å²) in [6.45, 7) is 5.31. The van der Waals surface area contributed by atoms with Gasteiger partial charge in [0, 0.05) is 11.1 Å². The largest absolute Gasteiger partial charge is 0.372 e. The van der Waals surface area contributed by atoms with Gasteiger partial charge in [-0.25, -0.2) is 21.8 Å². The zero-order valence-corrected chi connectivity index (χ0v) is 17.2. The molecule has 0 radical (unpaired) electrons. The molecule has 0 unspecified atom stereocenters. The highest BCUT2D eigenvalue weighted by Gasteiger charge is 2.30. The van der Waals surface area contributed by atoms with Crippen molar-refractivity contribution in [2.75, 3.05) is 11.1 Å². The molecule has 0 spiro atoms. The molecular formula is C15H19ClN2O4S3. The second kappa shape index (κ2) is 7.61. The standard InChI is InChI=1S/C15H19ClN2O4S3/c1-4-10(3)17-13-14(18-15(23-13)24(19,20)5-2)25(21,22)12-8-6-11(16)7-9-12/h6-10,17H,4-5H2,1-3H3/t10-/m1/s1. The SMILES string of the molecule is CC[C@@H](C)Nc1sc(S(=O)(=O)CC)nc1S(=O)(=O)c1ccc(Cl)cc1. The molecule has 138 valence electrons. The van der Waals surface area contributed by atoms with Crippen LogP contribution in [0.1, 0.15) is 27.2 Å². The van der Waals surface area contributed by atoms with Crippen LogP contribution in [0.2, 0.25) is 5.02 Å². The van der Waals surface area contributed by atoms with E-state index in [-0.39, 0.29) is 31.1 Å². The van der Waals surface area contributed by atoms with E-state index in [1.165, 1.54) is 31.2 Å². The molecule has 2 rings (SSSR count).